The lowest BCUT2D eigenvalue weighted by atomic mass is 9.94. The van der Waals surface area contributed by atoms with Crippen LogP contribution in [0.3, 0.4) is 0 Å². The summed E-state index contributed by atoms with van der Waals surface area (Å²) in [5.74, 6) is -1.28. The molecular formula is C25H26F2N4O3. The number of anilines is 1. The van der Waals surface area contributed by atoms with Gasteiger partial charge in [0.15, 0.2) is 17.9 Å². The fourth-order valence-electron chi connectivity index (χ4n) is 3.54. The molecule has 0 aliphatic heterocycles. The van der Waals surface area contributed by atoms with Gasteiger partial charge in [0.2, 0.25) is 0 Å². The highest BCUT2D eigenvalue weighted by Crippen LogP contribution is 2.30. The minimum atomic E-state index is -0.759. The highest BCUT2D eigenvalue weighted by Gasteiger charge is 2.16. The quantitative estimate of drug-likeness (QED) is 0.483. The summed E-state index contributed by atoms with van der Waals surface area (Å²) in [7, 11) is 3.17. The van der Waals surface area contributed by atoms with Gasteiger partial charge in [-0.15, -0.1) is 0 Å². The minimum absolute atomic E-state index is 0.0138. The van der Waals surface area contributed by atoms with E-state index in [1.54, 1.807) is 32.4 Å². The molecule has 2 heterocycles. The average molecular weight is 469 g/mol. The highest BCUT2D eigenvalue weighted by molar-refractivity contribution is 5.91. The van der Waals surface area contributed by atoms with E-state index in [2.05, 4.69) is 15.3 Å². The fraction of sp³-hybridized carbons (Fsp3) is 0.280. The first-order valence-corrected chi connectivity index (χ1v) is 10.6. The van der Waals surface area contributed by atoms with Gasteiger partial charge in [0.1, 0.15) is 23.9 Å². The topological polar surface area (TPSA) is 84.4 Å². The molecule has 3 aromatic rings. The van der Waals surface area contributed by atoms with E-state index in [1.807, 2.05) is 19.9 Å². The maximum atomic E-state index is 13.9. The lowest BCUT2D eigenvalue weighted by molar-refractivity contribution is 0.0957. The van der Waals surface area contributed by atoms with Crippen molar-refractivity contribution in [2.75, 3.05) is 32.1 Å². The molecule has 0 aliphatic rings. The van der Waals surface area contributed by atoms with E-state index in [4.69, 9.17) is 4.74 Å². The molecule has 1 amide bonds. The van der Waals surface area contributed by atoms with Crippen molar-refractivity contribution in [3.05, 3.63) is 81.8 Å². The Kier molecular flexibility index (Phi) is 7.88. The van der Waals surface area contributed by atoms with Crippen molar-refractivity contribution in [1.82, 2.24) is 15.3 Å². The van der Waals surface area contributed by atoms with Crippen LogP contribution in [0.5, 0.6) is 5.75 Å². The molecule has 3 rings (SSSR count). The second-order valence-electron chi connectivity index (χ2n) is 7.86. The first-order valence-electron chi connectivity index (χ1n) is 10.6. The number of halogens is 2. The Balaban J connectivity index is 1.73. The molecular weight excluding hydrogens is 442 g/mol. The van der Waals surface area contributed by atoms with Crippen LogP contribution < -0.4 is 15.0 Å². The van der Waals surface area contributed by atoms with Crippen molar-refractivity contribution in [2.24, 2.45) is 0 Å². The van der Waals surface area contributed by atoms with E-state index < -0.39 is 11.6 Å². The van der Waals surface area contributed by atoms with E-state index >= 15 is 0 Å². The lowest BCUT2D eigenvalue weighted by Gasteiger charge is -2.21. The van der Waals surface area contributed by atoms with Crippen LogP contribution in [0.4, 0.5) is 14.6 Å². The van der Waals surface area contributed by atoms with Gasteiger partial charge in [-0.1, -0.05) is 6.07 Å². The summed E-state index contributed by atoms with van der Waals surface area (Å²) in [6.45, 7) is 4.26. The van der Waals surface area contributed by atoms with Crippen molar-refractivity contribution >= 4 is 18.0 Å². The number of pyridine rings is 2. The molecule has 9 heteroatoms. The molecule has 0 bridgehead atoms. The number of aldehydes is 1. The SMILES string of the molecule is CNC(=O)c1ccc(Cc2cc(C=O)c(OCCN(C)c3ncc(F)cc3F)c(C)c2C)cn1. The summed E-state index contributed by atoms with van der Waals surface area (Å²) in [6.07, 6.45) is 3.87. The van der Waals surface area contributed by atoms with Gasteiger partial charge in [-0.2, -0.15) is 0 Å². The normalized spacial score (nSPS) is 10.6. The molecule has 0 saturated heterocycles. The van der Waals surface area contributed by atoms with Gasteiger partial charge in [-0.25, -0.2) is 13.8 Å². The van der Waals surface area contributed by atoms with Crippen molar-refractivity contribution < 1.29 is 23.1 Å². The molecule has 1 aromatic carbocycles. The molecule has 178 valence electrons. The van der Waals surface area contributed by atoms with Crippen LogP contribution in [0.2, 0.25) is 0 Å². The number of ether oxygens (including phenoxy) is 1. The number of benzene rings is 1. The van der Waals surface area contributed by atoms with Crippen molar-refractivity contribution in [1.29, 1.82) is 0 Å². The summed E-state index contributed by atoms with van der Waals surface area (Å²) in [4.78, 5) is 33.0. The number of hydrogen-bond donors (Lipinski definition) is 1. The van der Waals surface area contributed by atoms with Gasteiger partial charge >= 0.3 is 0 Å². The van der Waals surface area contributed by atoms with Gasteiger partial charge in [-0.3, -0.25) is 14.6 Å². The third kappa shape index (κ3) is 5.54. The first-order chi connectivity index (χ1) is 16.2. The molecule has 0 saturated carbocycles. The number of carbonyl (C=O) groups is 2. The van der Waals surface area contributed by atoms with Crippen molar-refractivity contribution in [3.63, 3.8) is 0 Å². The molecule has 0 radical (unpaired) electrons. The molecule has 0 fully saturated rings. The third-order valence-electron chi connectivity index (χ3n) is 5.61. The summed E-state index contributed by atoms with van der Waals surface area (Å²) < 4.78 is 32.9. The summed E-state index contributed by atoms with van der Waals surface area (Å²) in [5.41, 5.74) is 4.37. The minimum Gasteiger partial charge on any atom is -0.491 e. The van der Waals surface area contributed by atoms with Gasteiger partial charge in [-0.05, 0) is 54.7 Å². The maximum Gasteiger partial charge on any atom is 0.269 e. The van der Waals surface area contributed by atoms with Crippen LogP contribution in [-0.4, -0.2) is 49.4 Å². The van der Waals surface area contributed by atoms with Crippen LogP contribution >= 0.6 is 0 Å². The number of rotatable bonds is 9. The largest absolute Gasteiger partial charge is 0.491 e. The zero-order valence-corrected chi connectivity index (χ0v) is 19.5. The Morgan fingerprint density at radius 2 is 1.91 bits per heavy atom. The Hall–Kier alpha value is -3.88. The number of carbonyl (C=O) groups excluding carboxylic acids is 2. The van der Waals surface area contributed by atoms with Crippen molar-refractivity contribution in [2.45, 2.75) is 20.3 Å². The average Bonchev–Trinajstić information content (AvgIpc) is 2.83. The highest BCUT2D eigenvalue weighted by atomic mass is 19.1. The van der Waals surface area contributed by atoms with Crippen LogP contribution in [0.25, 0.3) is 0 Å². The van der Waals surface area contributed by atoms with Crippen LogP contribution in [0.1, 0.15) is 43.1 Å². The van der Waals surface area contributed by atoms with Gasteiger partial charge in [0.05, 0.1) is 18.3 Å². The standard InChI is InChI=1S/C25H26F2N4O3/c1-15-16(2)23(34-8-7-31(4)24-21(27)11-20(26)13-30-24)19(14-32)10-18(15)9-17-5-6-22(29-12-17)25(33)28-3/h5-6,10-14H,7-9H2,1-4H3,(H,28,33). The second-order valence-corrected chi connectivity index (χ2v) is 7.86. The van der Waals surface area contributed by atoms with Crippen LogP contribution in [0, 0.1) is 25.5 Å². The summed E-state index contributed by atoms with van der Waals surface area (Å²) in [5, 5.41) is 2.53. The van der Waals surface area contributed by atoms with Gasteiger partial charge < -0.3 is 15.0 Å². The predicted octanol–water partition coefficient (Wildman–Crippen LogP) is 3.65. The smallest absolute Gasteiger partial charge is 0.269 e. The van der Waals surface area contributed by atoms with E-state index in [-0.39, 0.29) is 24.9 Å². The van der Waals surface area contributed by atoms with E-state index in [0.717, 1.165) is 40.8 Å². The van der Waals surface area contributed by atoms with Crippen LogP contribution in [0.15, 0.2) is 36.7 Å². The Labute approximate surface area is 196 Å². The molecule has 1 N–H and O–H groups in total. The van der Waals surface area contributed by atoms with Gasteiger partial charge in [0.25, 0.3) is 5.91 Å². The zero-order valence-electron chi connectivity index (χ0n) is 19.5. The van der Waals surface area contributed by atoms with E-state index in [0.29, 0.717) is 23.4 Å². The summed E-state index contributed by atoms with van der Waals surface area (Å²) in [6, 6.07) is 6.04. The number of hydrogen-bond acceptors (Lipinski definition) is 6. The maximum absolute atomic E-state index is 13.9. The molecule has 0 atom stereocenters. The number of nitrogens with one attached hydrogen (secondary N) is 1. The van der Waals surface area contributed by atoms with Crippen LogP contribution in [-0.2, 0) is 6.42 Å². The van der Waals surface area contributed by atoms with Crippen molar-refractivity contribution in [3.8, 4) is 5.75 Å². The Morgan fingerprint density at radius 1 is 1.15 bits per heavy atom. The van der Waals surface area contributed by atoms with Gasteiger partial charge in [0, 0.05) is 26.4 Å². The zero-order chi connectivity index (χ0) is 24.8. The summed E-state index contributed by atoms with van der Waals surface area (Å²) >= 11 is 0. The molecule has 0 spiro atoms. The molecule has 7 nitrogen and oxygen atoms in total. The second kappa shape index (κ2) is 10.8. The molecule has 34 heavy (non-hydrogen) atoms. The third-order valence-corrected chi connectivity index (χ3v) is 5.61. The number of aromatic nitrogens is 2. The lowest BCUT2D eigenvalue weighted by Crippen LogP contribution is -2.26. The number of nitrogens with zero attached hydrogens (tertiary/aromatic N) is 3. The van der Waals surface area contributed by atoms with E-state index in [9.17, 15) is 18.4 Å². The first kappa shape index (κ1) is 24.8. The Morgan fingerprint density at radius 3 is 2.53 bits per heavy atom. The fourth-order valence-corrected chi connectivity index (χ4v) is 3.54. The number of likely N-dealkylation sites (N-methyl/N-ethyl adjacent to an activating group) is 1. The number of amides is 1. The van der Waals surface area contributed by atoms with E-state index in [1.165, 1.54) is 4.90 Å². The molecule has 2 aromatic heterocycles. The molecule has 0 unspecified atom stereocenters. The molecule has 0 aliphatic carbocycles. The predicted molar refractivity (Wildman–Crippen MR) is 125 cm³/mol. The Bertz CT molecular complexity index is 1200. The monoisotopic (exact) mass is 468 g/mol.